The van der Waals surface area contributed by atoms with E-state index >= 15 is 0 Å². The second-order valence-corrected chi connectivity index (χ2v) is 5.09. The first kappa shape index (κ1) is 12.3. The molecule has 1 aromatic carbocycles. The monoisotopic (exact) mass is 244 g/mol. The van der Waals surface area contributed by atoms with Crippen molar-refractivity contribution in [1.29, 1.82) is 0 Å². The molecule has 0 aliphatic carbocycles. The van der Waals surface area contributed by atoms with Gasteiger partial charge in [-0.3, -0.25) is 4.79 Å². The highest BCUT2D eigenvalue weighted by molar-refractivity contribution is 5.98. The Bertz CT molecular complexity index is 540. The molecule has 0 aliphatic heterocycles. The highest BCUT2D eigenvalue weighted by Gasteiger charge is 2.21. The summed E-state index contributed by atoms with van der Waals surface area (Å²) in [6.45, 7) is 5.77. The van der Waals surface area contributed by atoms with Gasteiger partial charge in [0.25, 0.3) is 5.91 Å². The van der Waals surface area contributed by atoms with E-state index in [4.69, 9.17) is 0 Å². The average Bonchev–Trinajstić information content (AvgIpc) is 2.76. The van der Waals surface area contributed by atoms with Crippen molar-refractivity contribution >= 4 is 5.91 Å². The molecule has 0 spiro atoms. The number of nitrogens with one attached hydrogen (secondary N) is 2. The third-order valence-corrected chi connectivity index (χ3v) is 2.30. The van der Waals surface area contributed by atoms with Gasteiger partial charge in [0.15, 0.2) is 5.69 Å². The molecule has 0 fully saturated rings. The summed E-state index contributed by atoms with van der Waals surface area (Å²) in [7, 11) is 0. The molecular formula is C13H16N4O. The van der Waals surface area contributed by atoms with Gasteiger partial charge in [0.05, 0.1) is 0 Å². The molecule has 0 bridgehead atoms. The lowest BCUT2D eigenvalue weighted by Crippen LogP contribution is -2.40. The molecule has 2 rings (SSSR count). The molecule has 1 aromatic heterocycles. The number of hydrogen-bond donors (Lipinski definition) is 2. The molecule has 0 saturated carbocycles. The van der Waals surface area contributed by atoms with E-state index in [0.717, 1.165) is 5.56 Å². The van der Waals surface area contributed by atoms with E-state index in [1.165, 1.54) is 0 Å². The predicted molar refractivity (Wildman–Crippen MR) is 69.0 cm³/mol. The lowest BCUT2D eigenvalue weighted by atomic mass is 10.1. The fraction of sp³-hybridized carbons (Fsp3) is 0.308. The standard InChI is InChI=1S/C13H16N4O/c1-13(2,3)14-12(18)11-10(15-17-16-11)9-7-5-4-6-8-9/h4-8H,1-3H3,(H,14,18)(H,15,16,17). The van der Waals surface area contributed by atoms with Crippen molar-refractivity contribution in [1.82, 2.24) is 20.7 Å². The van der Waals surface area contributed by atoms with E-state index in [1.807, 2.05) is 51.1 Å². The molecule has 1 amide bonds. The lowest BCUT2D eigenvalue weighted by molar-refractivity contribution is 0.0915. The first-order chi connectivity index (χ1) is 8.47. The third-order valence-electron chi connectivity index (χ3n) is 2.30. The zero-order chi connectivity index (χ0) is 13.2. The number of amides is 1. The van der Waals surface area contributed by atoms with Crippen LogP contribution in [0.15, 0.2) is 30.3 Å². The zero-order valence-corrected chi connectivity index (χ0v) is 10.7. The van der Waals surface area contributed by atoms with Crippen LogP contribution < -0.4 is 5.32 Å². The maximum atomic E-state index is 12.1. The number of H-pyrrole nitrogens is 1. The van der Waals surface area contributed by atoms with E-state index in [0.29, 0.717) is 11.4 Å². The Labute approximate surface area is 106 Å². The summed E-state index contributed by atoms with van der Waals surface area (Å²) in [6.07, 6.45) is 0. The fourth-order valence-electron chi connectivity index (χ4n) is 1.59. The van der Waals surface area contributed by atoms with Crippen LogP contribution in [-0.2, 0) is 0 Å². The number of hydrogen-bond acceptors (Lipinski definition) is 3. The Morgan fingerprint density at radius 3 is 2.44 bits per heavy atom. The first-order valence-electron chi connectivity index (χ1n) is 5.76. The van der Waals surface area contributed by atoms with Crippen molar-refractivity contribution in [2.75, 3.05) is 0 Å². The molecule has 0 radical (unpaired) electrons. The van der Waals surface area contributed by atoms with Crippen molar-refractivity contribution in [3.8, 4) is 11.3 Å². The van der Waals surface area contributed by atoms with Crippen LogP contribution in [0.3, 0.4) is 0 Å². The van der Waals surface area contributed by atoms with Crippen LogP contribution in [0.1, 0.15) is 31.3 Å². The molecule has 0 aliphatic rings. The Morgan fingerprint density at radius 1 is 1.17 bits per heavy atom. The molecule has 94 valence electrons. The lowest BCUT2D eigenvalue weighted by Gasteiger charge is -2.19. The van der Waals surface area contributed by atoms with Crippen LogP contribution in [0, 0.1) is 0 Å². The van der Waals surface area contributed by atoms with Crippen LogP contribution in [0.5, 0.6) is 0 Å². The van der Waals surface area contributed by atoms with Gasteiger partial charge in [0, 0.05) is 11.1 Å². The Hall–Kier alpha value is -2.17. The topological polar surface area (TPSA) is 70.7 Å². The summed E-state index contributed by atoms with van der Waals surface area (Å²) in [5.41, 5.74) is 1.45. The number of carbonyl (C=O) groups is 1. The summed E-state index contributed by atoms with van der Waals surface area (Å²) in [5, 5.41) is 13.3. The van der Waals surface area contributed by atoms with Crippen molar-refractivity contribution in [3.05, 3.63) is 36.0 Å². The van der Waals surface area contributed by atoms with Gasteiger partial charge in [-0.1, -0.05) is 30.3 Å². The van der Waals surface area contributed by atoms with Crippen molar-refractivity contribution in [3.63, 3.8) is 0 Å². The van der Waals surface area contributed by atoms with Gasteiger partial charge in [0.1, 0.15) is 5.69 Å². The summed E-state index contributed by atoms with van der Waals surface area (Å²) in [5.74, 6) is -0.227. The van der Waals surface area contributed by atoms with E-state index in [-0.39, 0.29) is 11.4 Å². The summed E-state index contributed by atoms with van der Waals surface area (Å²) < 4.78 is 0. The smallest absolute Gasteiger partial charge is 0.274 e. The summed E-state index contributed by atoms with van der Waals surface area (Å²) in [4.78, 5) is 12.1. The number of aromatic amines is 1. The minimum absolute atomic E-state index is 0.227. The van der Waals surface area contributed by atoms with E-state index in [2.05, 4.69) is 20.7 Å². The van der Waals surface area contributed by atoms with E-state index in [1.54, 1.807) is 0 Å². The van der Waals surface area contributed by atoms with Gasteiger partial charge >= 0.3 is 0 Å². The SMILES string of the molecule is CC(C)(C)NC(=O)c1n[nH]nc1-c1ccccc1. The molecule has 1 heterocycles. The molecule has 18 heavy (non-hydrogen) atoms. The van der Waals surface area contributed by atoms with Crippen LogP contribution >= 0.6 is 0 Å². The van der Waals surface area contributed by atoms with E-state index < -0.39 is 0 Å². The summed E-state index contributed by atoms with van der Waals surface area (Å²) >= 11 is 0. The maximum absolute atomic E-state index is 12.1. The van der Waals surface area contributed by atoms with Crippen molar-refractivity contribution < 1.29 is 4.79 Å². The van der Waals surface area contributed by atoms with Crippen LogP contribution in [-0.4, -0.2) is 26.9 Å². The molecule has 0 atom stereocenters. The van der Waals surface area contributed by atoms with Gasteiger partial charge in [-0.05, 0) is 20.8 Å². The third kappa shape index (κ3) is 2.74. The van der Waals surface area contributed by atoms with Gasteiger partial charge in [-0.25, -0.2) is 0 Å². The second-order valence-electron chi connectivity index (χ2n) is 5.09. The molecule has 0 saturated heterocycles. The quantitative estimate of drug-likeness (QED) is 0.848. The van der Waals surface area contributed by atoms with Crippen LogP contribution in [0.2, 0.25) is 0 Å². The van der Waals surface area contributed by atoms with Gasteiger partial charge in [-0.15, -0.1) is 0 Å². The number of rotatable bonds is 2. The van der Waals surface area contributed by atoms with Gasteiger partial charge in [-0.2, -0.15) is 15.4 Å². The van der Waals surface area contributed by atoms with Gasteiger partial charge < -0.3 is 5.32 Å². The second kappa shape index (κ2) is 4.60. The highest BCUT2D eigenvalue weighted by atomic mass is 16.2. The Balaban J connectivity index is 2.32. The summed E-state index contributed by atoms with van der Waals surface area (Å²) in [6, 6.07) is 9.50. The average molecular weight is 244 g/mol. The van der Waals surface area contributed by atoms with Gasteiger partial charge in [0.2, 0.25) is 0 Å². The van der Waals surface area contributed by atoms with Crippen LogP contribution in [0.25, 0.3) is 11.3 Å². The minimum atomic E-state index is -0.302. The van der Waals surface area contributed by atoms with E-state index in [9.17, 15) is 4.79 Å². The van der Waals surface area contributed by atoms with Crippen LogP contribution in [0.4, 0.5) is 0 Å². The number of benzene rings is 1. The molecule has 5 heteroatoms. The normalized spacial score (nSPS) is 11.3. The highest BCUT2D eigenvalue weighted by Crippen LogP contribution is 2.19. The molecule has 2 N–H and O–H groups in total. The molecule has 2 aromatic rings. The minimum Gasteiger partial charge on any atom is -0.346 e. The molecular weight excluding hydrogens is 228 g/mol. The van der Waals surface area contributed by atoms with Crippen molar-refractivity contribution in [2.24, 2.45) is 0 Å². The predicted octanol–water partition coefficient (Wildman–Crippen LogP) is 2.00. The number of nitrogens with zero attached hydrogens (tertiary/aromatic N) is 2. The fourth-order valence-corrected chi connectivity index (χ4v) is 1.59. The molecule has 5 nitrogen and oxygen atoms in total. The number of carbonyl (C=O) groups excluding carboxylic acids is 1. The maximum Gasteiger partial charge on any atom is 0.274 e. The zero-order valence-electron chi connectivity index (χ0n) is 10.7. The largest absolute Gasteiger partial charge is 0.346 e. The first-order valence-corrected chi connectivity index (χ1v) is 5.76. The number of aromatic nitrogens is 3. The van der Waals surface area contributed by atoms with Crippen molar-refractivity contribution in [2.45, 2.75) is 26.3 Å². The Morgan fingerprint density at radius 2 is 1.83 bits per heavy atom. The molecule has 0 unspecified atom stereocenters. The Kier molecular flexibility index (Phi) is 3.14.